The van der Waals surface area contributed by atoms with Gasteiger partial charge in [0, 0.05) is 18.2 Å². The van der Waals surface area contributed by atoms with Gasteiger partial charge in [-0.05, 0) is 37.9 Å². The van der Waals surface area contributed by atoms with Crippen LogP contribution in [0.1, 0.15) is 35.7 Å². The molecule has 0 saturated carbocycles. The fourth-order valence-electron chi connectivity index (χ4n) is 2.43. The molecule has 0 spiro atoms. The highest BCUT2D eigenvalue weighted by molar-refractivity contribution is 6.05. The number of hydrogen-bond donors (Lipinski definition) is 2. The number of carbonyl (C=O) groups is 1. The molecule has 2 rings (SSSR count). The molecule has 4 nitrogen and oxygen atoms in total. The van der Waals surface area contributed by atoms with Crippen molar-refractivity contribution in [1.82, 2.24) is 10.3 Å². The molecular weight excluding hydrogens is 214 g/mol. The molecule has 4 heteroatoms. The average molecular weight is 233 g/mol. The second-order valence-corrected chi connectivity index (χ2v) is 5.06. The minimum Gasteiger partial charge on any atom is -0.383 e. The molecule has 0 aromatic carbocycles. The summed E-state index contributed by atoms with van der Waals surface area (Å²) in [5, 5.41) is 3.28. The summed E-state index contributed by atoms with van der Waals surface area (Å²) in [7, 11) is 0. The summed E-state index contributed by atoms with van der Waals surface area (Å²) < 4.78 is 0. The van der Waals surface area contributed by atoms with Crippen LogP contribution in [0.4, 0.5) is 5.82 Å². The topological polar surface area (TPSA) is 68.0 Å². The van der Waals surface area contributed by atoms with Crippen LogP contribution in [-0.2, 0) is 0 Å². The number of nitrogens with two attached hydrogens (primary N) is 1. The van der Waals surface area contributed by atoms with Gasteiger partial charge in [-0.1, -0.05) is 6.92 Å². The van der Waals surface area contributed by atoms with Crippen LogP contribution in [-0.4, -0.2) is 23.9 Å². The Morgan fingerprint density at radius 2 is 2.35 bits per heavy atom. The number of Topliss-reactive ketones (excluding diaryl/α,β-unsaturated/α-hetero) is 1. The normalized spacial score (nSPS) is 24.6. The maximum absolute atomic E-state index is 12.6. The van der Waals surface area contributed by atoms with E-state index in [1.54, 1.807) is 6.20 Å². The molecule has 0 radical (unpaired) electrons. The molecule has 1 fully saturated rings. The fourth-order valence-corrected chi connectivity index (χ4v) is 2.43. The standard InChI is InChI=1S/C13H19N3O/c1-9-4-7-16-12(14)10(9)11(17)13(2)5-3-6-15-8-13/h4,7,15H,3,5-6,8H2,1-2H3,(H2,14,16). The van der Waals surface area contributed by atoms with Crippen molar-refractivity contribution in [2.75, 3.05) is 18.8 Å². The summed E-state index contributed by atoms with van der Waals surface area (Å²) in [5.41, 5.74) is 7.00. The number of nitrogens with zero attached hydrogens (tertiary/aromatic N) is 1. The molecule has 0 amide bonds. The van der Waals surface area contributed by atoms with Crippen molar-refractivity contribution in [3.63, 3.8) is 0 Å². The van der Waals surface area contributed by atoms with E-state index in [1.165, 1.54) is 0 Å². The van der Waals surface area contributed by atoms with Crippen LogP contribution in [0.2, 0.25) is 0 Å². The monoisotopic (exact) mass is 233 g/mol. The highest BCUT2D eigenvalue weighted by Crippen LogP contribution is 2.32. The summed E-state index contributed by atoms with van der Waals surface area (Å²) in [6, 6.07) is 1.84. The molecule has 1 saturated heterocycles. The molecular formula is C13H19N3O. The lowest BCUT2D eigenvalue weighted by molar-refractivity contribution is 0.0773. The Morgan fingerprint density at radius 1 is 1.59 bits per heavy atom. The highest BCUT2D eigenvalue weighted by atomic mass is 16.1. The van der Waals surface area contributed by atoms with Crippen molar-refractivity contribution >= 4 is 11.6 Å². The van der Waals surface area contributed by atoms with Gasteiger partial charge in [0.25, 0.3) is 0 Å². The number of nitrogens with one attached hydrogen (secondary N) is 1. The number of carbonyl (C=O) groups excluding carboxylic acids is 1. The van der Waals surface area contributed by atoms with Crippen LogP contribution >= 0.6 is 0 Å². The number of ketones is 1. The van der Waals surface area contributed by atoms with Crippen LogP contribution in [0, 0.1) is 12.3 Å². The SMILES string of the molecule is Cc1ccnc(N)c1C(=O)C1(C)CCCNC1. The van der Waals surface area contributed by atoms with Gasteiger partial charge in [0.05, 0.1) is 5.56 Å². The molecule has 0 bridgehead atoms. The number of hydrogen-bond acceptors (Lipinski definition) is 4. The number of nitrogen functional groups attached to an aromatic ring is 1. The van der Waals surface area contributed by atoms with Gasteiger partial charge in [0.15, 0.2) is 5.78 Å². The number of aryl methyl sites for hydroxylation is 1. The molecule has 2 heterocycles. The van der Waals surface area contributed by atoms with Crippen LogP contribution in [0.15, 0.2) is 12.3 Å². The summed E-state index contributed by atoms with van der Waals surface area (Å²) in [4.78, 5) is 16.6. The first kappa shape index (κ1) is 12.0. The summed E-state index contributed by atoms with van der Waals surface area (Å²) in [6.45, 7) is 5.63. The Balaban J connectivity index is 2.36. The lowest BCUT2D eigenvalue weighted by Gasteiger charge is -2.33. The maximum atomic E-state index is 12.6. The van der Waals surface area contributed by atoms with Crippen molar-refractivity contribution < 1.29 is 4.79 Å². The van der Waals surface area contributed by atoms with Gasteiger partial charge >= 0.3 is 0 Å². The molecule has 1 aliphatic rings. The van der Waals surface area contributed by atoms with Gasteiger partial charge in [-0.25, -0.2) is 4.98 Å². The van der Waals surface area contributed by atoms with Crippen LogP contribution in [0.5, 0.6) is 0 Å². The van der Waals surface area contributed by atoms with Gasteiger partial charge in [-0.3, -0.25) is 4.79 Å². The van der Waals surface area contributed by atoms with Crippen molar-refractivity contribution in [1.29, 1.82) is 0 Å². The summed E-state index contributed by atoms with van der Waals surface area (Å²) in [5.74, 6) is 0.467. The number of anilines is 1. The van der Waals surface area contributed by atoms with Crippen molar-refractivity contribution in [2.45, 2.75) is 26.7 Å². The van der Waals surface area contributed by atoms with Gasteiger partial charge < -0.3 is 11.1 Å². The summed E-state index contributed by atoms with van der Waals surface area (Å²) >= 11 is 0. The largest absolute Gasteiger partial charge is 0.383 e. The summed E-state index contributed by atoms with van der Waals surface area (Å²) in [6.07, 6.45) is 3.58. The first-order valence-corrected chi connectivity index (χ1v) is 6.01. The van der Waals surface area contributed by atoms with Gasteiger partial charge in [0.1, 0.15) is 5.82 Å². The third-order valence-electron chi connectivity index (χ3n) is 3.56. The Labute approximate surface area is 102 Å². The fraction of sp³-hybridized carbons (Fsp3) is 0.538. The van der Waals surface area contributed by atoms with E-state index in [-0.39, 0.29) is 11.2 Å². The zero-order valence-corrected chi connectivity index (χ0v) is 10.4. The number of piperidine rings is 1. The Kier molecular flexibility index (Phi) is 3.15. The van der Waals surface area contributed by atoms with Crippen LogP contribution in [0.25, 0.3) is 0 Å². The molecule has 1 atom stereocenters. The first-order valence-electron chi connectivity index (χ1n) is 6.01. The lowest BCUT2D eigenvalue weighted by atomic mass is 9.76. The van der Waals surface area contributed by atoms with Crippen molar-refractivity contribution in [2.24, 2.45) is 5.41 Å². The molecule has 1 aromatic heterocycles. The molecule has 1 unspecified atom stereocenters. The predicted octanol–water partition coefficient (Wildman–Crippen LogP) is 1.54. The second-order valence-electron chi connectivity index (χ2n) is 5.06. The molecule has 1 aliphatic heterocycles. The number of pyridine rings is 1. The van der Waals surface area contributed by atoms with E-state index >= 15 is 0 Å². The molecule has 3 N–H and O–H groups in total. The van der Waals surface area contributed by atoms with Crippen molar-refractivity contribution in [3.05, 3.63) is 23.4 Å². The van der Waals surface area contributed by atoms with Gasteiger partial charge in [0.2, 0.25) is 0 Å². The van der Waals surface area contributed by atoms with E-state index in [1.807, 2.05) is 19.9 Å². The molecule has 17 heavy (non-hydrogen) atoms. The van der Waals surface area contributed by atoms with E-state index in [0.29, 0.717) is 11.4 Å². The Bertz CT molecular complexity index is 416. The quantitative estimate of drug-likeness (QED) is 0.760. The third kappa shape index (κ3) is 2.17. The predicted molar refractivity (Wildman–Crippen MR) is 67.9 cm³/mol. The number of aromatic nitrogens is 1. The van der Waals surface area contributed by atoms with E-state index in [4.69, 9.17) is 5.73 Å². The minimum absolute atomic E-state index is 0.118. The van der Waals surface area contributed by atoms with E-state index < -0.39 is 0 Å². The van der Waals surface area contributed by atoms with Crippen LogP contribution in [0.3, 0.4) is 0 Å². The van der Waals surface area contributed by atoms with E-state index in [9.17, 15) is 4.79 Å². The zero-order chi connectivity index (χ0) is 12.5. The van der Waals surface area contributed by atoms with E-state index in [2.05, 4.69) is 10.3 Å². The first-order chi connectivity index (χ1) is 8.04. The van der Waals surface area contributed by atoms with Gasteiger partial charge in [-0.2, -0.15) is 0 Å². The maximum Gasteiger partial charge on any atom is 0.173 e. The molecule has 1 aromatic rings. The minimum atomic E-state index is -0.347. The Hall–Kier alpha value is -1.42. The average Bonchev–Trinajstić information content (AvgIpc) is 2.29. The molecule has 92 valence electrons. The second kappa shape index (κ2) is 4.45. The van der Waals surface area contributed by atoms with Gasteiger partial charge in [-0.15, -0.1) is 0 Å². The van der Waals surface area contributed by atoms with Crippen LogP contribution < -0.4 is 11.1 Å². The van der Waals surface area contributed by atoms with Crippen molar-refractivity contribution in [3.8, 4) is 0 Å². The number of rotatable bonds is 2. The van der Waals surface area contributed by atoms with E-state index in [0.717, 1.165) is 31.5 Å². The Morgan fingerprint density at radius 3 is 2.94 bits per heavy atom. The lowest BCUT2D eigenvalue weighted by Crippen LogP contribution is -2.43. The molecule has 0 aliphatic carbocycles. The zero-order valence-electron chi connectivity index (χ0n) is 10.4. The highest BCUT2D eigenvalue weighted by Gasteiger charge is 2.36. The third-order valence-corrected chi connectivity index (χ3v) is 3.56. The smallest absolute Gasteiger partial charge is 0.173 e.